The van der Waals surface area contributed by atoms with E-state index in [1.807, 2.05) is 133 Å². The predicted octanol–water partition coefficient (Wildman–Crippen LogP) is 8.18. The summed E-state index contributed by atoms with van der Waals surface area (Å²) < 4.78 is 13.4. The Balaban J connectivity index is 1.27. The Morgan fingerprint density at radius 2 is 1.51 bits per heavy atom. The number of fused-ring (bicyclic) bond motifs is 4. The van der Waals surface area contributed by atoms with Crippen LogP contribution in [0.15, 0.2) is 158 Å². The highest BCUT2D eigenvalue weighted by atomic mass is 32.1. The van der Waals surface area contributed by atoms with E-state index in [1.54, 1.807) is 36.4 Å². The minimum Gasteiger partial charge on any atom is -0.491 e. The van der Waals surface area contributed by atoms with E-state index in [1.165, 1.54) is 11.3 Å². The Bertz CT molecular complexity index is 3090. The van der Waals surface area contributed by atoms with Gasteiger partial charge in [-0.3, -0.25) is 19.3 Å². The highest BCUT2D eigenvalue weighted by Crippen LogP contribution is 2.66. The number of aliphatic hydroxyl groups excluding tert-OH is 2. The molecule has 1 spiro atoms. The number of benzene rings is 6. The zero-order valence-electron chi connectivity index (χ0n) is 37.4. The third-order valence-corrected chi connectivity index (χ3v) is 14.1. The Morgan fingerprint density at radius 1 is 0.812 bits per heavy atom. The molecule has 0 aliphatic carbocycles. The van der Waals surface area contributed by atoms with E-state index in [0.717, 1.165) is 20.7 Å². The lowest BCUT2D eigenvalue weighted by Crippen LogP contribution is -2.55. The fourth-order valence-corrected chi connectivity index (χ4v) is 11.2. The third-order valence-electron chi connectivity index (χ3n) is 13.1. The van der Waals surface area contributed by atoms with Crippen LogP contribution in [0.25, 0.3) is 10.2 Å². The summed E-state index contributed by atoms with van der Waals surface area (Å²) in [6.07, 6.45) is -0.764. The number of cyclic esters (lactones) is 1. The molecule has 7 aromatic rings. The van der Waals surface area contributed by atoms with Crippen molar-refractivity contribution in [2.75, 3.05) is 30.0 Å². The molecule has 4 heterocycles. The number of para-hydroxylation sites is 1. The summed E-state index contributed by atoms with van der Waals surface area (Å²) in [5, 5.41) is 25.9. The number of morpholine rings is 1. The Hall–Kier alpha value is -7.67. The normalized spacial score (nSPS) is 22.0. The van der Waals surface area contributed by atoms with Crippen molar-refractivity contribution in [2.45, 2.75) is 49.0 Å². The molecule has 10 rings (SSSR count). The van der Waals surface area contributed by atoms with Gasteiger partial charge in [0, 0.05) is 12.0 Å². The monoisotopic (exact) mass is 937 g/mol. The van der Waals surface area contributed by atoms with Gasteiger partial charge in [0.25, 0.3) is 0 Å². The first kappa shape index (κ1) is 45.1. The van der Waals surface area contributed by atoms with Crippen LogP contribution in [0.2, 0.25) is 0 Å². The highest BCUT2D eigenvalue weighted by Gasteiger charge is 2.75. The van der Waals surface area contributed by atoms with Crippen molar-refractivity contribution in [2.24, 2.45) is 5.92 Å². The third kappa shape index (κ3) is 8.09. The molecule has 3 aliphatic heterocycles. The van der Waals surface area contributed by atoms with Gasteiger partial charge in [-0.05, 0) is 77.2 Å². The van der Waals surface area contributed by atoms with Gasteiger partial charge in [-0.2, -0.15) is 0 Å². The molecule has 1 aromatic heterocycles. The Kier molecular flexibility index (Phi) is 12.5. The van der Waals surface area contributed by atoms with Crippen LogP contribution >= 0.6 is 11.3 Å². The topological polar surface area (TPSA) is 171 Å². The Labute approximate surface area is 402 Å². The van der Waals surface area contributed by atoms with Crippen LogP contribution in [0.4, 0.5) is 15.6 Å². The number of aliphatic hydroxyl groups is 2. The van der Waals surface area contributed by atoms with Gasteiger partial charge in [-0.1, -0.05) is 138 Å². The largest absolute Gasteiger partial charge is 0.491 e. The number of esters is 1. The number of urea groups is 1. The zero-order chi connectivity index (χ0) is 47.6. The summed E-state index contributed by atoms with van der Waals surface area (Å²) in [6.45, 7) is 1.34. The predicted molar refractivity (Wildman–Crippen MR) is 261 cm³/mol. The van der Waals surface area contributed by atoms with Gasteiger partial charge in [0.1, 0.15) is 29.9 Å². The molecule has 69 heavy (non-hydrogen) atoms. The van der Waals surface area contributed by atoms with Crippen LogP contribution in [0, 0.1) is 17.8 Å². The standard InChI is InChI=1S/C55H47N5O8S/c1-34(36-17-5-2-6-18-36)56-54(66)59-43-28-27-35(16-13-14-29-61)32-41(43)55(52(59)65)45(50(63)58-53-57-42-25-11-12-26-44(42)69-53)47-51(64)68-48(38-21-9-4-10-22-38)46(37-19-7-3-8-20-37)60(47)49(55)39-23-15-24-40(33-39)67-31-30-62/h2-12,15,17-28,32-34,45-49,61-62H,14,29-31H2,1H3,(H,56,66)(H,57,58,63)/t34-,45-,46-,47-,48+,49+,55-/m1/s1. The van der Waals surface area contributed by atoms with Gasteiger partial charge in [0.05, 0.1) is 53.2 Å². The maximum absolute atomic E-state index is 16.7. The molecule has 0 bridgehead atoms. The number of thiazole rings is 1. The Morgan fingerprint density at radius 3 is 2.23 bits per heavy atom. The van der Waals surface area contributed by atoms with Crippen molar-refractivity contribution in [3.8, 4) is 17.6 Å². The molecular formula is C55H47N5O8S. The number of rotatable bonds is 11. The molecule has 4 amide bonds. The van der Waals surface area contributed by atoms with Gasteiger partial charge >= 0.3 is 12.0 Å². The van der Waals surface area contributed by atoms with Gasteiger partial charge < -0.3 is 30.3 Å². The molecule has 0 radical (unpaired) electrons. The number of anilines is 2. The van der Waals surface area contributed by atoms with Gasteiger partial charge in [-0.25, -0.2) is 14.7 Å². The number of ether oxygens (including phenoxy) is 2. The van der Waals surface area contributed by atoms with E-state index in [9.17, 15) is 10.2 Å². The van der Waals surface area contributed by atoms with E-state index >= 15 is 19.2 Å². The van der Waals surface area contributed by atoms with Gasteiger partial charge in [0.15, 0.2) is 5.13 Å². The molecule has 14 heteroatoms. The maximum atomic E-state index is 16.7. The van der Waals surface area contributed by atoms with Crippen LogP contribution in [0.1, 0.15) is 71.0 Å². The lowest BCUT2D eigenvalue weighted by atomic mass is 9.65. The molecule has 13 nitrogen and oxygen atoms in total. The number of amides is 4. The van der Waals surface area contributed by atoms with Crippen LogP contribution in [-0.4, -0.2) is 69.8 Å². The fraction of sp³-hybridized carbons (Fsp3) is 0.218. The molecule has 0 saturated carbocycles. The molecule has 4 N–H and O–H groups in total. The number of carbonyl (C=O) groups is 4. The summed E-state index contributed by atoms with van der Waals surface area (Å²) in [7, 11) is 0. The van der Waals surface area contributed by atoms with Crippen LogP contribution in [0.5, 0.6) is 5.75 Å². The molecular weight excluding hydrogens is 891 g/mol. The smallest absolute Gasteiger partial charge is 0.329 e. The number of imide groups is 1. The average molecular weight is 938 g/mol. The van der Waals surface area contributed by atoms with Crippen molar-refractivity contribution in [1.29, 1.82) is 0 Å². The van der Waals surface area contributed by atoms with Crippen LogP contribution in [-0.2, 0) is 24.5 Å². The first-order chi connectivity index (χ1) is 33.7. The van der Waals surface area contributed by atoms with Crippen molar-refractivity contribution >= 4 is 56.2 Å². The lowest BCUT2D eigenvalue weighted by Gasteiger charge is -2.46. The van der Waals surface area contributed by atoms with E-state index < -0.39 is 65.4 Å². The fourth-order valence-electron chi connectivity index (χ4n) is 10.3. The van der Waals surface area contributed by atoms with Crippen LogP contribution in [0.3, 0.4) is 0 Å². The van der Waals surface area contributed by atoms with E-state index in [0.29, 0.717) is 28.0 Å². The number of nitrogens with one attached hydrogen (secondary N) is 2. The molecule has 6 aromatic carbocycles. The number of hydrogen-bond acceptors (Lipinski definition) is 11. The lowest BCUT2D eigenvalue weighted by molar-refractivity contribution is -0.177. The summed E-state index contributed by atoms with van der Waals surface area (Å²) >= 11 is 1.25. The summed E-state index contributed by atoms with van der Waals surface area (Å²) in [6, 6.07) is 43.0. The number of carbonyl (C=O) groups excluding carboxylic acids is 4. The minimum atomic E-state index is -2.07. The summed E-state index contributed by atoms with van der Waals surface area (Å²) in [5.74, 6) is 2.69. The van der Waals surface area contributed by atoms with E-state index in [-0.39, 0.29) is 42.6 Å². The van der Waals surface area contributed by atoms with E-state index in [2.05, 4.69) is 22.5 Å². The molecule has 2 fully saturated rings. The molecule has 2 saturated heterocycles. The van der Waals surface area contributed by atoms with Crippen molar-refractivity contribution < 1.29 is 38.9 Å². The second-order valence-corrected chi connectivity index (χ2v) is 18.1. The van der Waals surface area contributed by atoms with Crippen LogP contribution < -0.4 is 20.3 Å². The summed E-state index contributed by atoms with van der Waals surface area (Å²) in [5.41, 5.74) is 2.22. The number of nitrogens with zero attached hydrogens (tertiary/aromatic N) is 3. The van der Waals surface area contributed by atoms with Crippen molar-refractivity contribution in [3.05, 3.63) is 191 Å². The molecule has 0 unspecified atom stereocenters. The SMILES string of the molecule is C[C@@H](NC(=O)N1C(=O)[C@@]2(c3cc(C#CCCO)ccc31)[C@H](c1cccc(OCCO)c1)N1[C@H](c3ccccc3)[C@H](c3ccccc3)OC(=O)[C@H]1[C@@H]2C(=O)Nc1nc2ccccc2s1)c1ccccc1. The first-order valence-corrected chi connectivity index (χ1v) is 23.6. The molecule has 3 aliphatic rings. The second kappa shape index (κ2) is 19.1. The van der Waals surface area contributed by atoms with Crippen molar-refractivity contribution in [1.82, 2.24) is 15.2 Å². The number of hydrogen-bond donors (Lipinski definition) is 4. The van der Waals surface area contributed by atoms with Gasteiger partial charge in [-0.15, -0.1) is 0 Å². The second-order valence-electron chi connectivity index (χ2n) is 17.1. The molecule has 346 valence electrons. The minimum absolute atomic E-state index is 0.0287. The number of aromatic nitrogens is 1. The zero-order valence-corrected chi connectivity index (χ0v) is 38.2. The van der Waals surface area contributed by atoms with Gasteiger partial charge in [0.2, 0.25) is 11.8 Å². The van der Waals surface area contributed by atoms with Crippen molar-refractivity contribution in [3.63, 3.8) is 0 Å². The average Bonchev–Trinajstić information content (AvgIpc) is 4.02. The maximum Gasteiger partial charge on any atom is 0.329 e. The molecule has 7 atom stereocenters. The van der Waals surface area contributed by atoms with E-state index in [4.69, 9.17) is 14.5 Å². The quantitative estimate of drug-likeness (QED) is 0.0733. The first-order valence-electron chi connectivity index (χ1n) is 22.7. The highest BCUT2D eigenvalue weighted by molar-refractivity contribution is 7.22. The summed E-state index contributed by atoms with van der Waals surface area (Å²) in [4.78, 5) is 71.0.